The highest BCUT2D eigenvalue weighted by atomic mass is 32.3. The first-order valence-corrected chi connectivity index (χ1v) is 30.8. The fourth-order valence-corrected chi connectivity index (χ4v) is 10.4. The third kappa shape index (κ3) is 39.3. The molecule has 1 fully saturated rings. The van der Waals surface area contributed by atoms with E-state index in [0.717, 1.165) is 51.4 Å². The molecule has 13 heteroatoms. The van der Waals surface area contributed by atoms with E-state index in [1.807, 2.05) is 0 Å². The zero-order valence-electron chi connectivity index (χ0n) is 44.7. The lowest BCUT2D eigenvalue weighted by molar-refractivity contribution is -0.298. The van der Waals surface area contributed by atoms with E-state index in [0.29, 0.717) is 12.8 Å². The van der Waals surface area contributed by atoms with Gasteiger partial charge in [-0.3, -0.25) is 9.35 Å². The van der Waals surface area contributed by atoms with Gasteiger partial charge in [-0.2, -0.15) is 8.42 Å². The highest BCUT2D eigenvalue weighted by Crippen LogP contribution is 2.26. The summed E-state index contributed by atoms with van der Waals surface area (Å²) in [6.45, 7) is 3.45. The SMILES string of the molecule is CCCCCCCCCCCCCCCCCCCCCCCCCCCCCCCCCCCC(=O)NC(COC1OC(CO)C(O)C(OS(=O)(=O)O)C1O)C(O)CCCCCCCCCCC. The van der Waals surface area contributed by atoms with Crippen molar-refractivity contribution in [3.05, 3.63) is 0 Å². The highest BCUT2D eigenvalue weighted by Gasteiger charge is 2.48. The van der Waals surface area contributed by atoms with Crippen LogP contribution in [0, 0.1) is 0 Å². The minimum absolute atomic E-state index is 0.225. The van der Waals surface area contributed by atoms with Gasteiger partial charge in [0.25, 0.3) is 0 Å². The summed E-state index contributed by atoms with van der Waals surface area (Å²) < 4.78 is 47.7. The van der Waals surface area contributed by atoms with E-state index >= 15 is 0 Å². The number of aliphatic hydroxyl groups is 4. The number of hydrogen-bond acceptors (Lipinski definition) is 10. The van der Waals surface area contributed by atoms with E-state index in [1.54, 1.807) is 0 Å². The average Bonchev–Trinajstić information content (AvgIpc) is 3.32. The summed E-state index contributed by atoms with van der Waals surface area (Å²) in [6.07, 6.45) is 46.0. The van der Waals surface area contributed by atoms with Gasteiger partial charge in [0.1, 0.15) is 24.4 Å². The van der Waals surface area contributed by atoms with Gasteiger partial charge in [0.15, 0.2) is 6.29 Å². The first kappa shape index (κ1) is 66.1. The minimum atomic E-state index is -5.07. The summed E-state index contributed by atoms with van der Waals surface area (Å²) >= 11 is 0. The van der Waals surface area contributed by atoms with E-state index in [2.05, 4.69) is 23.3 Å². The summed E-state index contributed by atoms with van der Waals surface area (Å²) in [5.41, 5.74) is 0. The molecular formula is C56H111NO11S. The molecule has 7 unspecified atom stereocenters. The molecule has 0 aromatic heterocycles. The second-order valence-corrected chi connectivity index (χ2v) is 22.0. The lowest BCUT2D eigenvalue weighted by Gasteiger charge is -2.41. The Labute approximate surface area is 424 Å². The summed E-state index contributed by atoms with van der Waals surface area (Å²) in [6, 6.07) is -0.851. The fraction of sp³-hybridized carbons (Fsp3) is 0.982. The molecule has 1 aliphatic rings. The van der Waals surface area contributed by atoms with Gasteiger partial charge in [-0.05, 0) is 12.8 Å². The summed E-state index contributed by atoms with van der Waals surface area (Å²) in [7, 11) is -5.07. The van der Waals surface area contributed by atoms with Crippen LogP contribution >= 0.6 is 0 Å². The standard InChI is InChI=1S/C56H111NO11S/c1-3-5-7-9-11-13-14-15-16-17-18-19-20-21-22-23-24-25-26-27-28-29-30-31-32-33-34-35-36-38-40-42-44-46-52(60)57-49(50(59)45-43-41-39-37-12-10-8-6-4-2)48-66-56-54(62)55(68-69(63,64)65)53(61)51(47-58)67-56/h49-51,53-56,58-59,61-62H,3-48H2,1-2H3,(H,57,60)(H,63,64,65). The van der Waals surface area contributed by atoms with Crippen LogP contribution in [-0.4, -0.2) is 95.4 Å². The average molecular weight is 1010 g/mol. The maximum atomic E-state index is 13.1. The Balaban J connectivity index is 2.13. The molecule has 0 radical (unpaired) electrons. The molecule has 0 bridgehead atoms. The zero-order chi connectivity index (χ0) is 50.5. The van der Waals surface area contributed by atoms with Crippen LogP contribution in [0.1, 0.15) is 296 Å². The number of nitrogens with one attached hydrogen (secondary N) is 1. The Bertz CT molecular complexity index is 1230. The molecule has 1 saturated heterocycles. The molecule has 1 aliphatic heterocycles. The highest BCUT2D eigenvalue weighted by molar-refractivity contribution is 7.80. The van der Waals surface area contributed by atoms with Crippen LogP contribution in [0.5, 0.6) is 0 Å². The number of hydrogen-bond donors (Lipinski definition) is 6. The van der Waals surface area contributed by atoms with Crippen molar-refractivity contribution >= 4 is 16.3 Å². The third-order valence-electron chi connectivity index (χ3n) is 14.4. The van der Waals surface area contributed by atoms with Gasteiger partial charge in [0, 0.05) is 6.42 Å². The Morgan fingerprint density at radius 1 is 0.522 bits per heavy atom. The third-order valence-corrected chi connectivity index (χ3v) is 14.9. The first-order chi connectivity index (χ1) is 33.5. The summed E-state index contributed by atoms with van der Waals surface area (Å²) in [5, 5.41) is 44.9. The molecule has 1 rings (SSSR count). The van der Waals surface area contributed by atoms with Crippen LogP contribution in [0.4, 0.5) is 0 Å². The topological polar surface area (TPSA) is 192 Å². The number of unbranched alkanes of at least 4 members (excludes halogenated alkanes) is 40. The van der Waals surface area contributed by atoms with Crippen molar-refractivity contribution in [3.8, 4) is 0 Å². The number of amides is 1. The molecule has 6 N–H and O–H groups in total. The Hall–Kier alpha value is -0.900. The molecule has 0 aliphatic carbocycles. The monoisotopic (exact) mass is 1010 g/mol. The van der Waals surface area contributed by atoms with Gasteiger partial charge in [-0.1, -0.05) is 277 Å². The smallest absolute Gasteiger partial charge is 0.394 e. The Morgan fingerprint density at radius 2 is 0.841 bits per heavy atom. The van der Waals surface area contributed by atoms with Crippen molar-refractivity contribution in [2.45, 2.75) is 339 Å². The maximum Gasteiger partial charge on any atom is 0.397 e. The summed E-state index contributed by atoms with van der Waals surface area (Å²) in [4.78, 5) is 13.1. The number of rotatable bonds is 52. The predicted octanol–water partition coefficient (Wildman–Crippen LogP) is 13.7. The van der Waals surface area contributed by atoms with Gasteiger partial charge in [0.05, 0.1) is 25.4 Å². The second kappa shape index (κ2) is 46.9. The van der Waals surface area contributed by atoms with Gasteiger partial charge in [-0.15, -0.1) is 0 Å². The van der Waals surface area contributed by atoms with E-state index in [9.17, 15) is 38.2 Å². The first-order valence-electron chi connectivity index (χ1n) is 29.4. The molecule has 0 saturated carbocycles. The molecule has 12 nitrogen and oxygen atoms in total. The van der Waals surface area contributed by atoms with E-state index in [1.165, 1.54) is 218 Å². The van der Waals surface area contributed by atoms with Crippen LogP contribution in [-0.2, 0) is 28.9 Å². The van der Waals surface area contributed by atoms with E-state index in [4.69, 9.17) is 9.47 Å². The number of carbonyl (C=O) groups is 1. The zero-order valence-corrected chi connectivity index (χ0v) is 45.5. The summed E-state index contributed by atoms with van der Waals surface area (Å²) in [5.74, 6) is -0.225. The van der Waals surface area contributed by atoms with Crippen molar-refractivity contribution in [2.75, 3.05) is 13.2 Å². The second-order valence-electron chi connectivity index (χ2n) is 21.0. The van der Waals surface area contributed by atoms with Crippen LogP contribution in [0.25, 0.3) is 0 Å². The molecular weight excluding hydrogens is 895 g/mol. The van der Waals surface area contributed by atoms with Crippen LogP contribution in [0.2, 0.25) is 0 Å². The minimum Gasteiger partial charge on any atom is -0.394 e. The molecule has 1 amide bonds. The van der Waals surface area contributed by atoms with Crippen molar-refractivity contribution < 1.29 is 51.8 Å². The van der Waals surface area contributed by atoms with Crippen molar-refractivity contribution in [1.82, 2.24) is 5.32 Å². The lowest BCUT2D eigenvalue weighted by atomic mass is 9.99. The van der Waals surface area contributed by atoms with Crippen LogP contribution < -0.4 is 5.32 Å². The normalized spacial score (nSPS) is 19.6. The lowest BCUT2D eigenvalue weighted by Crippen LogP contribution is -2.61. The molecule has 69 heavy (non-hydrogen) atoms. The predicted molar refractivity (Wildman–Crippen MR) is 283 cm³/mol. The Kier molecular flexibility index (Phi) is 44.9. The van der Waals surface area contributed by atoms with Crippen LogP contribution in [0.15, 0.2) is 0 Å². The number of carbonyl (C=O) groups excluding carboxylic acids is 1. The van der Waals surface area contributed by atoms with Gasteiger partial charge in [0.2, 0.25) is 5.91 Å². The molecule has 0 spiro atoms. The Morgan fingerprint density at radius 3 is 1.16 bits per heavy atom. The molecule has 7 atom stereocenters. The quantitative estimate of drug-likeness (QED) is 0.0251. The molecule has 412 valence electrons. The maximum absolute atomic E-state index is 13.1. The van der Waals surface area contributed by atoms with Gasteiger partial charge >= 0.3 is 10.4 Å². The molecule has 0 aromatic rings. The van der Waals surface area contributed by atoms with Crippen molar-refractivity contribution in [2.24, 2.45) is 0 Å². The van der Waals surface area contributed by atoms with Gasteiger partial charge in [-0.25, -0.2) is 4.18 Å². The largest absolute Gasteiger partial charge is 0.397 e. The molecule has 1 heterocycles. The van der Waals surface area contributed by atoms with Crippen molar-refractivity contribution in [3.63, 3.8) is 0 Å². The molecule has 0 aromatic carbocycles. The number of ether oxygens (including phenoxy) is 2. The van der Waals surface area contributed by atoms with Crippen LogP contribution in [0.3, 0.4) is 0 Å². The van der Waals surface area contributed by atoms with E-state index in [-0.39, 0.29) is 12.5 Å². The van der Waals surface area contributed by atoms with Gasteiger partial charge < -0.3 is 35.2 Å². The number of aliphatic hydroxyl groups excluding tert-OH is 4. The van der Waals surface area contributed by atoms with E-state index < -0.39 is 59.9 Å². The van der Waals surface area contributed by atoms with Crippen molar-refractivity contribution in [1.29, 1.82) is 0 Å². The fourth-order valence-electron chi connectivity index (χ4n) is 9.88.